The lowest BCUT2D eigenvalue weighted by atomic mass is 9.90. The van der Waals surface area contributed by atoms with Gasteiger partial charge in [-0.05, 0) is 192 Å². The number of aliphatic hydroxyl groups excluding tert-OH is 1. The Balaban J connectivity index is 0.000000295. The Bertz CT molecular complexity index is 6870. The van der Waals surface area contributed by atoms with E-state index in [0.29, 0.717) is 47.9 Å². The van der Waals surface area contributed by atoms with E-state index in [-0.39, 0.29) is 61.3 Å². The number of aliphatic carboxylic acids is 10. The number of imidazole rings is 1. The highest BCUT2D eigenvalue weighted by Crippen LogP contribution is 2.37. The number of non-ortho nitro benzene ring substituents is 1. The van der Waals surface area contributed by atoms with Gasteiger partial charge in [0, 0.05) is 46.3 Å². The van der Waals surface area contributed by atoms with Crippen LogP contribution in [0, 0.1) is 37.3 Å². The number of fused-ring (bicyclic) bond motifs is 3. The summed E-state index contributed by atoms with van der Waals surface area (Å²) in [7, 11) is 0. The second-order valence-corrected chi connectivity index (χ2v) is 34.1. The van der Waals surface area contributed by atoms with Crippen LogP contribution >= 0.6 is 34.7 Å². The first-order chi connectivity index (χ1) is 69.9. The van der Waals surface area contributed by atoms with Crippen molar-refractivity contribution in [2.24, 2.45) is 57.3 Å². The van der Waals surface area contributed by atoms with E-state index in [0.717, 1.165) is 106 Å². The third-order valence-electron chi connectivity index (χ3n) is 20.6. The molecule has 794 valence electrons. The number of aromatic nitrogens is 8. The molecule has 0 bridgehead atoms. The van der Waals surface area contributed by atoms with Gasteiger partial charge in [-0.15, -0.1) is 11.3 Å². The first-order valence-corrected chi connectivity index (χ1v) is 45.1. The lowest BCUT2D eigenvalue weighted by molar-refractivity contribution is -0.673. The Kier molecular flexibility index (Phi) is 48.1. The van der Waals surface area contributed by atoms with Gasteiger partial charge in [-0.25, -0.2) is 9.36 Å². The number of thiophene rings is 1. The molecule has 0 radical (unpaired) electrons. The molecule has 149 heavy (non-hydrogen) atoms. The van der Waals surface area contributed by atoms with Crippen molar-refractivity contribution in [2.75, 3.05) is 5.73 Å². The molecule has 0 amide bonds. The predicted octanol–water partition coefficient (Wildman–Crippen LogP) is 2.41. The van der Waals surface area contributed by atoms with Gasteiger partial charge >= 0.3 is 82.4 Å². The number of aryl methyl sites for hydroxylation is 1. The van der Waals surface area contributed by atoms with E-state index in [4.69, 9.17) is 136 Å². The lowest BCUT2D eigenvalue weighted by Crippen LogP contribution is -2.50. The number of nitrogens with zero attached hydrogens (tertiary/aromatic N) is 9. The van der Waals surface area contributed by atoms with Crippen LogP contribution in [0.4, 0.5) is 22.9 Å². The third kappa shape index (κ3) is 40.3. The second-order valence-electron chi connectivity index (χ2n) is 32.3. The predicted molar refractivity (Wildman–Crippen MR) is 537 cm³/mol. The molecule has 13 aromatic rings. The van der Waals surface area contributed by atoms with E-state index < -0.39 is 169 Å². The summed E-state index contributed by atoms with van der Waals surface area (Å²) in [6.07, 6.45) is 3.93. The van der Waals surface area contributed by atoms with Gasteiger partial charge in [0.2, 0.25) is 5.52 Å². The van der Waals surface area contributed by atoms with Gasteiger partial charge in [-0.2, -0.15) is 13.7 Å². The fourth-order valence-electron chi connectivity index (χ4n) is 12.3. The number of carboxylic acids is 10. The number of nitro groups is 3. The normalized spacial score (nSPS) is 13.0. The largest absolute Gasteiger partial charge is 0.508 e. The van der Waals surface area contributed by atoms with Crippen molar-refractivity contribution in [3.8, 4) is 17.2 Å². The number of ether oxygens (including phenoxy) is 1. The van der Waals surface area contributed by atoms with Gasteiger partial charge in [0.25, 0.3) is 17.0 Å². The van der Waals surface area contributed by atoms with Crippen LogP contribution in [0.25, 0.3) is 32.3 Å². The number of aliphatic hydroxyl groups is 1. The number of hydrogen-bond acceptors (Lipinski definition) is 39. The van der Waals surface area contributed by atoms with Crippen LogP contribution in [0.1, 0.15) is 68.7 Å². The average Bonchev–Trinajstić information content (AvgIpc) is 1.68. The Morgan fingerprint density at radius 3 is 1.46 bits per heavy atom. The number of phenolic OH excluding ortho intramolecular Hbond substituents is 2. The molecule has 5 heterocycles. The molecular formula is C92H106ClN22O32S2+. The zero-order valence-electron chi connectivity index (χ0n) is 78.5. The number of carbonyl (C=O) groups is 10. The van der Waals surface area contributed by atoms with Gasteiger partial charge in [0.1, 0.15) is 95.2 Å². The first kappa shape index (κ1) is 122. The molecule has 0 spiro atoms. The fourth-order valence-corrected chi connectivity index (χ4v) is 14.0. The van der Waals surface area contributed by atoms with Crippen molar-refractivity contribution in [2.45, 2.75) is 145 Å². The SMILES string of the molecule is CC(N)(C(=O)O)C(O)c1ccc([N+](=O)[O-])cc1.Cc1cc(O)ccc1CC(N)C(=O)O.NC(Cc1cc([N+](=O)[O-])c(O)c([N+](=O)[O-])c1)C(=O)O.NC(Cc1ccc(OCc2ccccc2)cc1)C(=O)O.NC(Cc1ccc2nsnc2c1)C(=O)O.NC(Cc1cccc(CC(N)C(=O)O)c1)C(=O)O.NC(Cc1csc2ccc(Cl)cc12)C(=O)O.NC(Cn1ccc(=O)[nH]c1=O)C(=O)O.Nc1ncnc2c1[nH]c[n+]2CC(N)C(=O)O. The molecule has 0 fully saturated rings. The topological polar surface area (TPSA) is 985 Å². The number of phenols is 2. The number of aromatic hydroxyl groups is 2. The molecule has 0 aliphatic rings. The molecule has 13 rings (SSSR count). The van der Waals surface area contributed by atoms with E-state index in [1.807, 2.05) is 108 Å². The average molecular weight is 2130 g/mol. The fraction of sp³-hybridized carbons (Fsp3) is 0.250. The smallest absolute Gasteiger partial charge is 0.328 e. The summed E-state index contributed by atoms with van der Waals surface area (Å²) in [4.78, 5) is 170. The summed E-state index contributed by atoms with van der Waals surface area (Å²) in [6, 6.07) is 38.8. The molecule has 11 unspecified atom stereocenters. The molecule has 0 saturated carbocycles. The van der Waals surface area contributed by atoms with Gasteiger partial charge < -0.3 is 134 Å². The molecule has 37 N–H and O–H groups in total. The van der Waals surface area contributed by atoms with E-state index in [2.05, 4.69) is 23.7 Å². The number of aromatic amines is 2. The van der Waals surface area contributed by atoms with Crippen LogP contribution in [-0.2, 0) is 113 Å². The number of hydrogen-bond donors (Lipinski definition) is 26. The minimum absolute atomic E-state index is 0.0221. The number of nitro benzene ring substituents is 3. The zero-order valence-corrected chi connectivity index (χ0v) is 80.9. The minimum Gasteiger partial charge on any atom is -0.508 e. The van der Waals surface area contributed by atoms with Gasteiger partial charge in [-0.3, -0.25) is 97.6 Å². The summed E-state index contributed by atoms with van der Waals surface area (Å²) in [6.45, 7) is 3.43. The second kappa shape index (κ2) is 58.6. The third-order valence-corrected chi connectivity index (χ3v) is 22.4. The quantitative estimate of drug-likeness (QED) is 0.0152. The highest BCUT2D eigenvalue weighted by molar-refractivity contribution is 7.17. The van der Waals surface area contributed by atoms with E-state index in [1.165, 1.54) is 49.8 Å². The molecule has 0 aliphatic carbocycles. The number of H-pyrrole nitrogens is 2. The Hall–Kier alpha value is -17.3. The molecule has 8 aromatic carbocycles. The summed E-state index contributed by atoms with van der Waals surface area (Å²) < 4.78 is 17.5. The molecular weight excluding hydrogens is 2020 g/mol. The van der Waals surface area contributed by atoms with Crippen molar-refractivity contribution in [1.82, 2.24) is 33.3 Å². The first-order valence-electron chi connectivity index (χ1n) is 43.1. The molecule has 11 atom stereocenters. The van der Waals surface area contributed by atoms with Crippen molar-refractivity contribution < 1.29 is 138 Å². The summed E-state index contributed by atoms with van der Waals surface area (Å²) in [5.41, 5.74) is 64.6. The van der Waals surface area contributed by atoms with Crippen LogP contribution in [0.3, 0.4) is 0 Å². The Morgan fingerprint density at radius 1 is 0.510 bits per heavy atom. The number of benzene rings is 8. The van der Waals surface area contributed by atoms with Crippen molar-refractivity contribution in [3.05, 3.63) is 312 Å². The summed E-state index contributed by atoms with van der Waals surface area (Å²) in [5.74, 6) is -10.9. The highest BCUT2D eigenvalue weighted by atomic mass is 35.5. The van der Waals surface area contributed by atoms with Gasteiger partial charge in [0.15, 0.2) is 18.5 Å². The van der Waals surface area contributed by atoms with Crippen LogP contribution in [0.2, 0.25) is 5.02 Å². The van der Waals surface area contributed by atoms with E-state index in [1.54, 1.807) is 58.6 Å². The lowest BCUT2D eigenvalue weighted by Gasteiger charge is -2.25. The highest BCUT2D eigenvalue weighted by Gasteiger charge is 2.38. The molecule has 0 aliphatic heterocycles. The maximum atomic E-state index is 11.1. The van der Waals surface area contributed by atoms with E-state index >= 15 is 0 Å². The number of nitrogens with one attached hydrogen (secondary N) is 2. The van der Waals surface area contributed by atoms with Gasteiger partial charge in [0.05, 0.1) is 39.6 Å². The van der Waals surface area contributed by atoms with Crippen LogP contribution in [0.5, 0.6) is 17.2 Å². The summed E-state index contributed by atoms with van der Waals surface area (Å²) in [5, 5.41) is 150. The standard InChI is InChI=1S/C16H17NO3.C12H16N2O4.C11H10ClNO2S.C10H12N2O5.C10H13NO3.C9H9N3O7.C9H9N3O2S.C8H10N6O2.C7H9N3O4/c17-15(16(18)19)10-12-6-8-14(9-7-12)20-11-13-4-2-1-3-5-13;13-9(11(15)16)5-7-2-1-3-8(4-7)6-10(14)12(17)18;12-7-1-2-10-8(4-7)6(5-16-10)3-9(13)11(14)15;1-10(11,9(14)15)8(13)6-2-4-7(5-3-6)12(16)17;1-6-4-8(12)3-2-7(6)5-9(11)10(13)14;10-5(9(14)15)1-4-2-6(11(16)17)8(13)7(3-4)12(18)19;10-6(9(13)14)3-5-1-2-7-8(4-5)12-15-11-7;9-4(8(15)16)1-14-3-13-5-6(10)11-2-12-7(5)14;8-4(6(12)13)3-10-2-1-5(11)9-7(10)14/h1-9,15H,10-11,17H2,(H,18,19);1-4,9-10H,5-6,13-14H2,(H,15,16)(H,17,18);1-2,4-5,9H,3,13H2,(H,14,15);2-5,8,13H,11H2,1H3,(H,14,15);2-4,9,12H,5,11H2,1H3,(H,13,14);2-3,5,13H,1,10H2,(H,14,15);1-2,4,6H,3,10H2,(H,13,14);2-4H,1,9H2,(H3,10,11,12,15,16);1-2,4H,3,8H2,(H,12,13)(H,9,11,14)/p+1. The van der Waals surface area contributed by atoms with Crippen LogP contribution in [-0.4, -0.2) is 234 Å². The van der Waals surface area contributed by atoms with Crippen LogP contribution < -0.4 is 83.6 Å². The molecule has 5 aromatic heterocycles. The minimum atomic E-state index is -1.85. The van der Waals surface area contributed by atoms with E-state index in [9.17, 15) is 98.1 Å². The number of carboxylic acid groups (broad SMARTS) is 10. The molecule has 54 nitrogen and oxygen atoms in total. The van der Waals surface area contributed by atoms with Crippen molar-refractivity contribution in [1.29, 1.82) is 0 Å². The maximum absolute atomic E-state index is 11.1. The Labute approximate surface area is 853 Å². The summed E-state index contributed by atoms with van der Waals surface area (Å²) >= 11 is 8.61. The number of rotatable bonds is 36. The maximum Gasteiger partial charge on any atom is 0.328 e. The molecule has 57 heteroatoms. The number of halogens is 1. The number of nitrogen functional groups attached to an aromatic ring is 1. The number of anilines is 1. The zero-order chi connectivity index (χ0) is 112. The van der Waals surface area contributed by atoms with Crippen LogP contribution in [0.15, 0.2) is 210 Å². The monoisotopic (exact) mass is 2130 g/mol. The number of nitrogens with two attached hydrogens (primary N) is 11. The van der Waals surface area contributed by atoms with Crippen molar-refractivity contribution in [3.63, 3.8) is 0 Å². The molecule has 0 saturated heterocycles. The van der Waals surface area contributed by atoms with Crippen molar-refractivity contribution >= 4 is 150 Å². The Morgan fingerprint density at radius 2 is 0.980 bits per heavy atom. The van der Waals surface area contributed by atoms with Gasteiger partial charge in [-0.1, -0.05) is 95.4 Å².